The Bertz CT molecular complexity index is 1230. The first kappa shape index (κ1) is 23.4. The Labute approximate surface area is 191 Å². The van der Waals surface area contributed by atoms with Crippen molar-refractivity contribution in [3.8, 4) is 11.8 Å². The molecule has 0 atom stereocenters. The van der Waals surface area contributed by atoms with Crippen LogP contribution in [0.2, 0.25) is 0 Å². The number of methoxy groups -OCH3 is 1. The van der Waals surface area contributed by atoms with Gasteiger partial charge in [0.25, 0.3) is 11.5 Å². The summed E-state index contributed by atoms with van der Waals surface area (Å²) in [6.45, 7) is 2.06. The van der Waals surface area contributed by atoms with Crippen LogP contribution in [0.1, 0.15) is 27.9 Å². The Balaban J connectivity index is 1.57. The van der Waals surface area contributed by atoms with Crippen LogP contribution < -0.4 is 15.7 Å². The first-order valence-corrected chi connectivity index (χ1v) is 10.2. The second-order valence-corrected chi connectivity index (χ2v) is 7.26. The summed E-state index contributed by atoms with van der Waals surface area (Å²) in [6.07, 6.45) is 1.50. The van der Waals surface area contributed by atoms with Crippen LogP contribution in [0, 0.1) is 18.3 Å². The highest BCUT2D eigenvalue weighted by Gasteiger charge is 2.14. The highest BCUT2D eigenvalue weighted by Crippen LogP contribution is 2.13. The Hall–Kier alpha value is -4.22. The van der Waals surface area contributed by atoms with Gasteiger partial charge in [-0.25, -0.2) is 5.43 Å². The molecule has 0 aliphatic rings. The third-order valence-corrected chi connectivity index (χ3v) is 4.83. The summed E-state index contributed by atoms with van der Waals surface area (Å²) in [5.74, 6) is 0.239. The van der Waals surface area contributed by atoms with Gasteiger partial charge in [0.2, 0.25) is 0 Å². The minimum atomic E-state index is -0.533. The quantitative estimate of drug-likeness (QED) is 0.404. The first-order chi connectivity index (χ1) is 16.0. The first-order valence-electron chi connectivity index (χ1n) is 10.2. The van der Waals surface area contributed by atoms with E-state index in [4.69, 9.17) is 9.47 Å². The molecule has 8 heteroatoms. The van der Waals surface area contributed by atoms with Crippen molar-refractivity contribution >= 4 is 12.1 Å². The largest absolute Gasteiger partial charge is 0.489 e. The van der Waals surface area contributed by atoms with Crippen LogP contribution in [0.25, 0.3) is 0 Å². The summed E-state index contributed by atoms with van der Waals surface area (Å²) in [5, 5.41) is 13.2. The van der Waals surface area contributed by atoms with E-state index in [9.17, 15) is 14.9 Å². The van der Waals surface area contributed by atoms with Crippen molar-refractivity contribution in [2.45, 2.75) is 26.7 Å². The van der Waals surface area contributed by atoms with Crippen LogP contribution >= 0.6 is 0 Å². The molecule has 1 heterocycles. The zero-order chi connectivity index (χ0) is 23.6. The summed E-state index contributed by atoms with van der Waals surface area (Å²) >= 11 is 0. The number of pyridine rings is 1. The third kappa shape index (κ3) is 6.38. The molecule has 0 fully saturated rings. The average molecular weight is 444 g/mol. The Morgan fingerprint density at radius 1 is 1.15 bits per heavy atom. The van der Waals surface area contributed by atoms with E-state index in [-0.39, 0.29) is 18.7 Å². The van der Waals surface area contributed by atoms with Crippen molar-refractivity contribution in [2.75, 3.05) is 7.11 Å². The van der Waals surface area contributed by atoms with Gasteiger partial charge in [0.1, 0.15) is 30.5 Å². The number of amides is 1. The molecule has 0 spiro atoms. The molecule has 1 aromatic heterocycles. The molecule has 0 saturated heterocycles. The van der Waals surface area contributed by atoms with Crippen molar-refractivity contribution in [3.05, 3.63) is 99.0 Å². The van der Waals surface area contributed by atoms with Gasteiger partial charge in [0.05, 0.1) is 12.8 Å². The summed E-state index contributed by atoms with van der Waals surface area (Å²) in [7, 11) is 1.48. The van der Waals surface area contributed by atoms with E-state index in [1.54, 1.807) is 13.0 Å². The van der Waals surface area contributed by atoms with Gasteiger partial charge in [-0.3, -0.25) is 9.59 Å². The third-order valence-electron chi connectivity index (χ3n) is 4.83. The van der Waals surface area contributed by atoms with Gasteiger partial charge in [-0.1, -0.05) is 30.3 Å². The van der Waals surface area contributed by atoms with E-state index < -0.39 is 11.5 Å². The lowest BCUT2D eigenvalue weighted by Crippen LogP contribution is -2.33. The molecule has 2 aromatic carbocycles. The number of hydrazone groups is 1. The van der Waals surface area contributed by atoms with Crippen molar-refractivity contribution in [1.82, 2.24) is 9.99 Å². The molecule has 1 N–H and O–H groups in total. The highest BCUT2D eigenvalue weighted by atomic mass is 16.5. The fourth-order valence-corrected chi connectivity index (χ4v) is 3.17. The monoisotopic (exact) mass is 444 g/mol. The topological polar surface area (TPSA) is 106 Å². The molecule has 0 unspecified atom stereocenters. The van der Waals surface area contributed by atoms with Gasteiger partial charge >= 0.3 is 0 Å². The lowest BCUT2D eigenvalue weighted by atomic mass is 10.1. The maximum Gasteiger partial charge on any atom is 0.269 e. The Kier molecular flexibility index (Phi) is 8.11. The van der Waals surface area contributed by atoms with E-state index in [1.165, 1.54) is 17.9 Å². The predicted molar refractivity (Wildman–Crippen MR) is 124 cm³/mol. The second kappa shape index (κ2) is 11.4. The fourth-order valence-electron chi connectivity index (χ4n) is 3.17. The molecule has 0 radical (unpaired) electrons. The number of carbonyl (C=O) groups is 1. The van der Waals surface area contributed by atoms with Gasteiger partial charge in [0.15, 0.2) is 0 Å². The van der Waals surface area contributed by atoms with Crippen LogP contribution in [0.3, 0.4) is 0 Å². The molecule has 33 heavy (non-hydrogen) atoms. The minimum Gasteiger partial charge on any atom is -0.489 e. The van der Waals surface area contributed by atoms with Gasteiger partial charge < -0.3 is 14.0 Å². The number of ether oxygens (including phenoxy) is 2. The maximum absolute atomic E-state index is 12.6. The fraction of sp³-hybridized carbons (Fsp3) is 0.200. The Morgan fingerprint density at radius 3 is 2.55 bits per heavy atom. The molecule has 168 valence electrons. The van der Waals surface area contributed by atoms with Crippen LogP contribution in [-0.2, 0) is 29.3 Å². The zero-order valence-corrected chi connectivity index (χ0v) is 18.4. The molecule has 0 saturated carbocycles. The Morgan fingerprint density at radius 2 is 1.88 bits per heavy atom. The number of aromatic nitrogens is 1. The molecular weight excluding hydrogens is 420 g/mol. The van der Waals surface area contributed by atoms with Gasteiger partial charge in [-0.15, -0.1) is 0 Å². The summed E-state index contributed by atoms with van der Waals surface area (Å²) in [5.41, 5.74) is 4.73. The van der Waals surface area contributed by atoms with Gasteiger partial charge in [0, 0.05) is 18.4 Å². The maximum atomic E-state index is 12.6. The van der Waals surface area contributed by atoms with Gasteiger partial charge in [-0.05, 0) is 48.4 Å². The number of nitrogens with zero attached hydrogens (tertiary/aromatic N) is 3. The number of aryl methyl sites for hydroxylation is 1. The molecule has 0 bridgehead atoms. The zero-order valence-electron chi connectivity index (χ0n) is 18.4. The standard InChI is InChI=1S/C25H24N4O4/c1-18-12-21(17-32-2)23(13-26)25(31)29(18)15-24(30)28-27-14-19-8-10-22(11-9-19)33-16-20-6-4-3-5-7-20/h3-12,14H,15-17H2,1-2H3,(H,28,30)/b27-14+. The molecule has 3 rings (SSSR count). The molecule has 8 nitrogen and oxygen atoms in total. The summed E-state index contributed by atoms with van der Waals surface area (Å²) in [6, 6.07) is 20.7. The van der Waals surface area contributed by atoms with E-state index >= 15 is 0 Å². The molecule has 0 aliphatic heterocycles. The summed E-state index contributed by atoms with van der Waals surface area (Å²) < 4.78 is 12.0. The SMILES string of the molecule is COCc1cc(C)n(CC(=O)N/N=C/c2ccc(OCc3ccccc3)cc2)c(=O)c1C#N. The van der Waals surface area contributed by atoms with Crippen LogP contribution in [-0.4, -0.2) is 23.8 Å². The molecule has 1 amide bonds. The lowest BCUT2D eigenvalue weighted by Gasteiger charge is -2.12. The van der Waals surface area contributed by atoms with Crippen LogP contribution in [0.4, 0.5) is 0 Å². The number of nitrogens with one attached hydrogen (secondary N) is 1. The van der Waals surface area contributed by atoms with E-state index in [1.807, 2.05) is 60.7 Å². The number of benzene rings is 2. The van der Waals surface area contributed by atoms with Gasteiger partial charge in [-0.2, -0.15) is 10.4 Å². The van der Waals surface area contributed by atoms with E-state index in [0.717, 1.165) is 16.9 Å². The molecular formula is C25H24N4O4. The van der Waals surface area contributed by atoms with E-state index in [0.29, 0.717) is 17.9 Å². The average Bonchev–Trinajstić information content (AvgIpc) is 2.82. The van der Waals surface area contributed by atoms with Crippen LogP contribution in [0.15, 0.2) is 70.6 Å². The normalized spacial score (nSPS) is 10.7. The van der Waals surface area contributed by atoms with E-state index in [2.05, 4.69) is 10.5 Å². The number of carbonyl (C=O) groups excluding carboxylic acids is 1. The highest BCUT2D eigenvalue weighted by molar-refractivity contribution is 5.82. The lowest BCUT2D eigenvalue weighted by molar-refractivity contribution is -0.121. The smallest absolute Gasteiger partial charge is 0.269 e. The number of rotatable bonds is 9. The van der Waals surface area contributed by atoms with Crippen molar-refractivity contribution < 1.29 is 14.3 Å². The second-order valence-electron chi connectivity index (χ2n) is 7.26. The molecule has 3 aromatic rings. The van der Waals surface area contributed by atoms with Crippen LogP contribution in [0.5, 0.6) is 5.75 Å². The number of nitriles is 1. The number of hydrogen-bond donors (Lipinski definition) is 1. The minimum absolute atomic E-state index is 0.0340. The van der Waals surface area contributed by atoms with Crippen molar-refractivity contribution in [3.63, 3.8) is 0 Å². The summed E-state index contributed by atoms with van der Waals surface area (Å²) in [4.78, 5) is 24.9. The van der Waals surface area contributed by atoms with Crippen molar-refractivity contribution in [2.24, 2.45) is 5.10 Å². The predicted octanol–water partition coefficient (Wildman–Crippen LogP) is 2.90. The van der Waals surface area contributed by atoms with Crippen molar-refractivity contribution in [1.29, 1.82) is 5.26 Å². The number of hydrogen-bond acceptors (Lipinski definition) is 6. The molecule has 0 aliphatic carbocycles.